The normalized spacial score (nSPS) is 28.1. The maximum Gasteiger partial charge on any atom is 0.332 e. The van der Waals surface area contributed by atoms with Gasteiger partial charge in [-0.1, -0.05) is 6.42 Å². The van der Waals surface area contributed by atoms with Crippen molar-refractivity contribution >= 4 is 5.97 Å². The van der Waals surface area contributed by atoms with Gasteiger partial charge in [0.15, 0.2) is 0 Å². The largest absolute Gasteiger partial charge is 0.464 e. The quantitative estimate of drug-likeness (QED) is 0.536. The van der Waals surface area contributed by atoms with Gasteiger partial charge in [0.05, 0.1) is 13.2 Å². The zero-order valence-corrected chi connectivity index (χ0v) is 11.4. The third-order valence-electron chi connectivity index (χ3n) is 4.16. The highest BCUT2D eigenvalue weighted by Crippen LogP contribution is 2.36. The van der Waals surface area contributed by atoms with Crippen molar-refractivity contribution in [1.29, 1.82) is 0 Å². The first-order valence-corrected chi connectivity index (χ1v) is 7.28. The number of esters is 1. The fourth-order valence-electron chi connectivity index (χ4n) is 3.37. The molecule has 1 aliphatic carbocycles. The Morgan fingerprint density at radius 2 is 2.11 bits per heavy atom. The van der Waals surface area contributed by atoms with Gasteiger partial charge in [-0.2, -0.15) is 0 Å². The Hall–Kier alpha value is -0.610. The summed E-state index contributed by atoms with van der Waals surface area (Å²) in [5.41, 5.74) is 0. The van der Waals surface area contributed by atoms with Crippen molar-refractivity contribution in [2.75, 3.05) is 32.9 Å². The molecule has 2 rings (SSSR count). The molecule has 2 atom stereocenters. The number of fused-ring (bicyclic) bond motifs is 1. The summed E-state index contributed by atoms with van der Waals surface area (Å²) in [6.07, 6.45) is 6.87. The molecule has 0 radical (unpaired) electrons. The van der Waals surface area contributed by atoms with Crippen LogP contribution in [0.1, 0.15) is 39.0 Å². The number of rotatable bonds is 6. The van der Waals surface area contributed by atoms with Crippen molar-refractivity contribution in [3.05, 3.63) is 0 Å². The number of nitrogens with zero attached hydrogens (tertiary/aromatic N) is 1. The van der Waals surface area contributed by atoms with Crippen LogP contribution >= 0.6 is 0 Å². The molecule has 0 aromatic carbocycles. The van der Waals surface area contributed by atoms with E-state index >= 15 is 0 Å². The minimum absolute atomic E-state index is 0.0930. The van der Waals surface area contributed by atoms with Crippen LogP contribution in [0.2, 0.25) is 0 Å². The van der Waals surface area contributed by atoms with E-state index in [2.05, 4.69) is 4.90 Å². The topological polar surface area (TPSA) is 38.8 Å². The smallest absolute Gasteiger partial charge is 0.332 e. The lowest BCUT2D eigenvalue weighted by molar-refractivity contribution is -0.148. The molecule has 0 spiro atoms. The fourth-order valence-corrected chi connectivity index (χ4v) is 3.37. The van der Waals surface area contributed by atoms with Crippen LogP contribution in [0, 0.1) is 5.92 Å². The van der Waals surface area contributed by atoms with Crippen molar-refractivity contribution in [3.63, 3.8) is 0 Å². The Balaban J connectivity index is 1.62. The van der Waals surface area contributed by atoms with Gasteiger partial charge < -0.3 is 9.47 Å². The van der Waals surface area contributed by atoms with Gasteiger partial charge in [-0.25, -0.2) is 4.79 Å². The fraction of sp³-hybridized carbons (Fsp3) is 0.929. The summed E-state index contributed by atoms with van der Waals surface area (Å²) in [7, 11) is 0. The summed E-state index contributed by atoms with van der Waals surface area (Å²) in [6.45, 7) is 5.13. The second kappa shape index (κ2) is 7.10. The standard InChI is InChI=1S/C14H25NO3/c1-2-18-14(16)11-17-10-9-15-8-4-6-12-5-3-7-13(12)15/h12-13H,2-11H2,1H3. The highest BCUT2D eigenvalue weighted by Gasteiger charge is 2.34. The molecular weight excluding hydrogens is 230 g/mol. The molecule has 1 heterocycles. The molecule has 2 aliphatic rings. The van der Waals surface area contributed by atoms with Crippen molar-refractivity contribution in [1.82, 2.24) is 4.90 Å². The lowest BCUT2D eigenvalue weighted by atomic mass is 9.92. The van der Waals surface area contributed by atoms with E-state index in [-0.39, 0.29) is 12.6 Å². The van der Waals surface area contributed by atoms with E-state index in [4.69, 9.17) is 9.47 Å². The summed E-state index contributed by atoms with van der Waals surface area (Å²) < 4.78 is 10.2. The number of hydrogen-bond donors (Lipinski definition) is 0. The van der Waals surface area contributed by atoms with E-state index in [0.717, 1.165) is 18.5 Å². The number of carbonyl (C=O) groups excluding carboxylic acids is 1. The predicted octanol–water partition coefficient (Wildman–Crippen LogP) is 1.83. The molecule has 2 fully saturated rings. The minimum Gasteiger partial charge on any atom is -0.464 e. The molecule has 1 aliphatic heterocycles. The highest BCUT2D eigenvalue weighted by atomic mass is 16.6. The van der Waals surface area contributed by atoms with E-state index in [1.165, 1.54) is 38.6 Å². The van der Waals surface area contributed by atoms with Crippen LogP contribution in [0.4, 0.5) is 0 Å². The van der Waals surface area contributed by atoms with E-state index < -0.39 is 0 Å². The maximum absolute atomic E-state index is 11.1. The zero-order valence-electron chi connectivity index (χ0n) is 11.4. The molecule has 18 heavy (non-hydrogen) atoms. The molecule has 2 unspecified atom stereocenters. The molecule has 0 bridgehead atoms. The summed E-state index contributed by atoms with van der Waals surface area (Å²) in [5.74, 6) is 0.665. The molecule has 0 aromatic rings. The molecule has 1 saturated heterocycles. The molecule has 0 amide bonds. The van der Waals surface area contributed by atoms with E-state index in [1.54, 1.807) is 0 Å². The van der Waals surface area contributed by atoms with Crippen molar-refractivity contribution in [2.45, 2.75) is 45.1 Å². The van der Waals surface area contributed by atoms with Crippen LogP contribution < -0.4 is 0 Å². The van der Waals surface area contributed by atoms with Gasteiger partial charge in [-0.15, -0.1) is 0 Å². The van der Waals surface area contributed by atoms with E-state index in [1.807, 2.05) is 6.92 Å². The number of carbonyl (C=O) groups is 1. The Labute approximate surface area is 110 Å². The van der Waals surface area contributed by atoms with Crippen LogP contribution in [0.3, 0.4) is 0 Å². The number of likely N-dealkylation sites (tertiary alicyclic amines) is 1. The first-order valence-electron chi connectivity index (χ1n) is 7.28. The molecule has 1 saturated carbocycles. The summed E-state index contributed by atoms with van der Waals surface area (Å²) in [4.78, 5) is 13.7. The van der Waals surface area contributed by atoms with Crippen LogP contribution in [-0.2, 0) is 14.3 Å². The SMILES string of the molecule is CCOC(=O)COCCN1CCCC2CCCC21. The van der Waals surface area contributed by atoms with Crippen LogP contribution in [-0.4, -0.2) is 49.8 Å². The van der Waals surface area contributed by atoms with Gasteiger partial charge in [0, 0.05) is 12.6 Å². The maximum atomic E-state index is 11.1. The lowest BCUT2D eigenvalue weighted by Crippen LogP contribution is -2.44. The number of hydrogen-bond acceptors (Lipinski definition) is 4. The molecule has 0 N–H and O–H groups in total. The average Bonchev–Trinajstić information content (AvgIpc) is 2.84. The van der Waals surface area contributed by atoms with E-state index in [0.29, 0.717) is 13.2 Å². The highest BCUT2D eigenvalue weighted by molar-refractivity contribution is 5.70. The molecule has 4 heteroatoms. The average molecular weight is 255 g/mol. The number of ether oxygens (including phenoxy) is 2. The van der Waals surface area contributed by atoms with Gasteiger partial charge in [0.2, 0.25) is 0 Å². The third-order valence-corrected chi connectivity index (χ3v) is 4.16. The van der Waals surface area contributed by atoms with Crippen molar-refractivity contribution in [2.24, 2.45) is 5.92 Å². The lowest BCUT2D eigenvalue weighted by Gasteiger charge is -2.37. The summed E-state index contributed by atoms with van der Waals surface area (Å²) in [6, 6.07) is 0.782. The molecular formula is C14H25NO3. The summed E-state index contributed by atoms with van der Waals surface area (Å²) in [5, 5.41) is 0. The predicted molar refractivity (Wildman–Crippen MR) is 69.4 cm³/mol. The Kier molecular flexibility index (Phi) is 5.45. The molecule has 4 nitrogen and oxygen atoms in total. The van der Waals surface area contributed by atoms with Gasteiger partial charge >= 0.3 is 5.97 Å². The van der Waals surface area contributed by atoms with Gasteiger partial charge in [-0.3, -0.25) is 4.90 Å². The van der Waals surface area contributed by atoms with Gasteiger partial charge in [0.1, 0.15) is 6.61 Å². The zero-order chi connectivity index (χ0) is 12.8. The second-order valence-corrected chi connectivity index (χ2v) is 5.29. The van der Waals surface area contributed by atoms with E-state index in [9.17, 15) is 4.79 Å². The molecule has 0 aromatic heterocycles. The molecule has 104 valence electrons. The minimum atomic E-state index is -0.255. The number of piperidine rings is 1. The Morgan fingerprint density at radius 3 is 2.94 bits per heavy atom. The Bertz CT molecular complexity index is 270. The van der Waals surface area contributed by atoms with Gasteiger partial charge in [0.25, 0.3) is 0 Å². The first kappa shape index (κ1) is 13.8. The Morgan fingerprint density at radius 1 is 1.28 bits per heavy atom. The first-order chi connectivity index (χ1) is 8.81. The van der Waals surface area contributed by atoms with Crippen molar-refractivity contribution in [3.8, 4) is 0 Å². The second-order valence-electron chi connectivity index (χ2n) is 5.29. The van der Waals surface area contributed by atoms with Gasteiger partial charge in [-0.05, 0) is 45.1 Å². The van der Waals surface area contributed by atoms with Crippen LogP contribution in [0.15, 0.2) is 0 Å². The third kappa shape index (κ3) is 3.69. The van der Waals surface area contributed by atoms with Crippen molar-refractivity contribution < 1.29 is 14.3 Å². The summed E-state index contributed by atoms with van der Waals surface area (Å²) >= 11 is 0. The van der Waals surface area contributed by atoms with Crippen LogP contribution in [0.5, 0.6) is 0 Å². The van der Waals surface area contributed by atoms with Crippen LogP contribution in [0.25, 0.3) is 0 Å². The monoisotopic (exact) mass is 255 g/mol.